The van der Waals surface area contributed by atoms with E-state index in [-0.39, 0.29) is 5.92 Å². The van der Waals surface area contributed by atoms with Crippen molar-refractivity contribution in [3.05, 3.63) is 12.2 Å². The highest BCUT2D eigenvalue weighted by molar-refractivity contribution is 5.69. The standard InChI is InChI=1S/C19H36O2/c1-3-4-5-6-7-8-9-10-11-12-13-14-15-16-17-18(2)19(20)21/h8-9,18H,3-7,10-17H2,1-2H3,(H,20,21)/b9-8-. The summed E-state index contributed by atoms with van der Waals surface area (Å²) in [6.45, 7) is 4.06. The van der Waals surface area contributed by atoms with E-state index >= 15 is 0 Å². The van der Waals surface area contributed by atoms with Gasteiger partial charge in [-0.15, -0.1) is 0 Å². The van der Waals surface area contributed by atoms with Crippen LogP contribution in [0.1, 0.15) is 97.3 Å². The van der Waals surface area contributed by atoms with Crippen LogP contribution in [-0.4, -0.2) is 11.1 Å². The van der Waals surface area contributed by atoms with Gasteiger partial charge in [0.15, 0.2) is 0 Å². The Labute approximate surface area is 132 Å². The molecule has 0 radical (unpaired) electrons. The Morgan fingerprint density at radius 1 is 0.857 bits per heavy atom. The normalized spacial score (nSPS) is 12.9. The van der Waals surface area contributed by atoms with Crippen LogP contribution in [0.25, 0.3) is 0 Å². The number of carboxylic acid groups (broad SMARTS) is 1. The highest BCUT2D eigenvalue weighted by Crippen LogP contribution is 2.13. The molecule has 0 aliphatic rings. The maximum absolute atomic E-state index is 10.7. The fourth-order valence-corrected chi connectivity index (χ4v) is 2.47. The zero-order chi connectivity index (χ0) is 15.8. The van der Waals surface area contributed by atoms with Gasteiger partial charge in [-0.3, -0.25) is 4.79 Å². The van der Waals surface area contributed by atoms with E-state index in [2.05, 4.69) is 19.1 Å². The average Bonchev–Trinajstić information content (AvgIpc) is 2.47. The third-order valence-electron chi connectivity index (χ3n) is 4.07. The van der Waals surface area contributed by atoms with Gasteiger partial charge in [-0.25, -0.2) is 0 Å². The van der Waals surface area contributed by atoms with Crippen molar-refractivity contribution in [2.75, 3.05) is 0 Å². The smallest absolute Gasteiger partial charge is 0.306 e. The fourth-order valence-electron chi connectivity index (χ4n) is 2.47. The Kier molecular flexibility index (Phi) is 15.0. The minimum absolute atomic E-state index is 0.174. The molecule has 0 rings (SSSR count). The van der Waals surface area contributed by atoms with Crippen LogP contribution >= 0.6 is 0 Å². The third kappa shape index (κ3) is 15.4. The SMILES string of the molecule is CCCCCC/C=C\CCCCCCCCC(C)C(=O)O. The van der Waals surface area contributed by atoms with E-state index in [9.17, 15) is 4.79 Å². The van der Waals surface area contributed by atoms with E-state index in [1.54, 1.807) is 6.92 Å². The molecule has 0 aliphatic heterocycles. The zero-order valence-electron chi connectivity index (χ0n) is 14.3. The van der Waals surface area contributed by atoms with Gasteiger partial charge in [0.25, 0.3) is 0 Å². The quantitative estimate of drug-likeness (QED) is 0.282. The monoisotopic (exact) mass is 296 g/mol. The van der Waals surface area contributed by atoms with Crippen molar-refractivity contribution in [2.24, 2.45) is 5.92 Å². The summed E-state index contributed by atoms with van der Waals surface area (Å²) in [4.78, 5) is 10.7. The highest BCUT2D eigenvalue weighted by atomic mass is 16.4. The molecular weight excluding hydrogens is 260 g/mol. The third-order valence-corrected chi connectivity index (χ3v) is 4.07. The fraction of sp³-hybridized carbons (Fsp3) is 0.842. The summed E-state index contributed by atoms with van der Waals surface area (Å²) in [6.07, 6.45) is 20.8. The van der Waals surface area contributed by atoms with E-state index < -0.39 is 5.97 Å². The van der Waals surface area contributed by atoms with Gasteiger partial charge in [0.2, 0.25) is 0 Å². The molecule has 0 heterocycles. The number of hydrogen-bond donors (Lipinski definition) is 1. The van der Waals surface area contributed by atoms with Crippen LogP contribution < -0.4 is 0 Å². The van der Waals surface area contributed by atoms with Crippen LogP contribution in [0.2, 0.25) is 0 Å². The first-order valence-corrected chi connectivity index (χ1v) is 9.06. The molecule has 0 fully saturated rings. The Bertz CT molecular complexity index is 258. The van der Waals surface area contributed by atoms with Crippen molar-refractivity contribution in [3.8, 4) is 0 Å². The summed E-state index contributed by atoms with van der Waals surface area (Å²) in [5, 5.41) is 8.78. The second-order valence-electron chi connectivity index (χ2n) is 6.26. The zero-order valence-corrected chi connectivity index (χ0v) is 14.3. The molecule has 0 aromatic heterocycles. The minimum Gasteiger partial charge on any atom is -0.481 e. The lowest BCUT2D eigenvalue weighted by atomic mass is 10.0. The molecule has 0 aromatic rings. The van der Waals surface area contributed by atoms with Gasteiger partial charge in [-0.1, -0.05) is 77.4 Å². The number of unbranched alkanes of at least 4 members (excludes halogenated alkanes) is 10. The Balaban J connectivity index is 3.15. The van der Waals surface area contributed by atoms with Crippen LogP contribution in [0.15, 0.2) is 12.2 Å². The van der Waals surface area contributed by atoms with Gasteiger partial charge in [-0.2, -0.15) is 0 Å². The maximum atomic E-state index is 10.7. The minimum atomic E-state index is -0.656. The van der Waals surface area contributed by atoms with E-state index in [1.807, 2.05) is 0 Å². The van der Waals surface area contributed by atoms with Crippen molar-refractivity contribution in [2.45, 2.75) is 97.3 Å². The predicted molar refractivity (Wildman–Crippen MR) is 91.6 cm³/mol. The van der Waals surface area contributed by atoms with Crippen LogP contribution in [0.5, 0.6) is 0 Å². The van der Waals surface area contributed by atoms with Crippen molar-refractivity contribution in [1.82, 2.24) is 0 Å². The molecule has 1 atom stereocenters. The number of carbonyl (C=O) groups is 1. The molecule has 0 amide bonds. The number of allylic oxidation sites excluding steroid dienone is 2. The second kappa shape index (κ2) is 15.6. The first kappa shape index (κ1) is 20.2. The number of carboxylic acids is 1. The topological polar surface area (TPSA) is 37.3 Å². The van der Waals surface area contributed by atoms with Gasteiger partial charge >= 0.3 is 5.97 Å². The lowest BCUT2D eigenvalue weighted by Gasteiger charge is -2.05. The molecule has 1 unspecified atom stereocenters. The van der Waals surface area contributed by atoms with Gasteiger partial charge in [-0.05, 0) is 32.1 Å². The second-order valence-corrected chi connectivity index (χ2v) is 6.26. The lowest BCUT2D eigenvalue weighted by molar-refractivity contribution is -0.141. The number of hydrogen-bond acceptors (Lipinski definition) is 1. The summed E-state index contributed by atoms with van der Waals surface area (Å²) in [6, 6.07) is 0. The van der Waals surface area contributed by atoms with Crippen molar-refractivity contribution < 1.29 is 9.90 Å². The van der Waals surface area contributed by atoms with Crippen LogP contribution in [0.3, 0.4) is 0 Å². The predicted octanol–water partition coefficient (Wildman–Crippen LogP) is 6.35. The number of rotatable bonds is 15. The molecule has 1 N–H and O–H groups in total. The maximum Gasteiger partial charge on any atom is 0.306 e. The molecule has 0 spiro atoms. The summed E-state index contributed by atoms with van der Waals surface area (Å²) in [7, 11) is 0. The Morgan fingerprint density at radius 3 is 1.86 bits per heavy atom. The molecule has 2 nitrogen and oxygen atoms in total. The first-order chi connectivity index (χ1) is 10.2. The van der Waals surface area contributed by atoms with E-state index in [4.69, 9.17) is 5.11 Å². The van der Waals surface area contributed by atoms with Gasteiger partial charge in [0, 0.05) is 0 Å². The van der Waals surface area contributed by atoms with Gasteiger partial charge in [0.05, 0.1) is 5.92 Å². The van der Waals surface area contributed by atoms with Crippen molar-refractivity contribution in [3.63, 3.8) is 0 Å². The Morgan fingerprint density at radius 2 is 1.33 bits per heavy atom. The highest BCUT2D eigenvalue weighted by Gasteiger charge is 2.09. The van der Waals surface area contributed by atoms with E-state index in [0.717, 1.165) is 12.8 Å². The molecule has 124 valence electrons. The summed E-state index contributed by atoms with van der Waals surface area (Å²) in [5.74, 6) is -0.830. The number of aliphatic carboxylic acids is 1. The van der Waals surface area contributed by atoms with Crippen LogP contribution in [0, 0.1) is 5.92 Å². The summed E-state index contributed by atoms with van der Waals surface area (Å²) in [5.41, 5.74) is 0. The first-order valence-electron chi connectivity index (χ1n) is 9.06. The molecule has 0 saturated carbocycles. The molecule has 0 aromatic carbocycles. The average molecular weight is 296 g/mol. The van der Waals surface area contributed by atoms with Gasteiger partial charge in [0.1, 0.15) is 0 Å². The largest absolute Gasteiger partial charge is 0.481 e. The molecular formula is C19H36O2. The molecule has 2 heteroatoms. The van der Waals surface area contributed by atoms with Crippen LogP contribution in [-0.2, 0) is 4.79 Å². The summed E-state index contributed by atoms with van der Waals surface area (Å²) >= 11 is 0. The summed E-state index contributed by atoms with van der Waals surface area (Å²) < 4.78 is 0. The van der Waals surface area contributed by atoms with E-state index in [0.29, 0.717) is 0 Å². The van der Waals surface area contributed by atoms with Crippen molar-refractivity contribution in [1.29, 1.82) is 0 Å². The Hall–Kier alpha value is -0.790. The van der Waals surface area contributed by atoms with Crippen molar-refractivity contribution >= 4 is 5.97 Å². The molecule has 0 bridgehead atoms. The van der Waals surface area contributed by atoms with E-state index in [1.165, 1.54) is 70.6 Å². The van der Waals surface area contributed by atoms with Gasteiger partial charge < -0.3 is 5.11 Å². The molecule has 0 saturated heterocycles. The molecule has 0 aliphatic carbocycles. The lowest BCUT2D eigenvalue weighted by Crippen LogP contribution is -2.08. The van der Waals surface area contributed by atoms with Crippen LogP contribution in [0.4, 0.5) is 0 Å². The molecule has 21 heavy (non-hydrogen) atoms.